The van der Waals surface area contributed by atoms with Crippen LogP contribution in [0.3, 0.4) is 0 Å². The summed E-state index contributed by atoms with van der Waals surface area (Å²) in [6.07, 6.45) is 0. The van der Waals surface area contributed by atoms with Gasteiger partial charge in [-0.1, -0.05) is 6.58 Å². The second kappa shape index (κ2) is 3.46. The smallest absolute Gasteiger partial charge is 0.330 e. The van der Waals surface area contributed by atoms with Crippen LogP contribution in [0.2, 0.25) is 0 Å². The van der Waals surface area contributed by atoms with Gasteiger partial charge in [0.2, 0.25) is 0 Å². The Morgan fingerprint density at radius 1 is 1.71 bits per heavy atom. The zero-order valence-electron chi connectivity index (χ0n) is 3.56. The number of aliphatic carboxylic acids is 1. The van der Waals surface area contributed by atoms with Crippen LogP contribution in [0.4, 0.5) is 0 Å². The maximum atomic E-state index is 9.60. The standard InChI is InChI=1S/C4H6O2.BH3/c1-3(2)4(5)6;/h1H2,2H3,(H,5,6);1H3. The molecule has 0 aromatic heterocycles. The van der Waals surface area contributed by atoms with Gasteiger partial charge in [0.05, 0.1) is 8.41 Å². The van der Waals surface area contributed by atoms with Crippen LogP contribution in [0, 0.1) is 0 Å². The van der Waals surface area contributed by atoms with Gasteiger partial charge < -0.3 is 5.11 Å². The Morgan fingerprint density at radius 2 is 1.86 bits per heavy atom. The third-order valence-corrected chi connectivity index (χ3v) is 0.365. The third kappa shape index (κ3) is 5.27. The molecular formula is C4H9BO2. The molecule has 0 aliphatic heterocycles. The van der Waals surface area contributed by atoms with Gasteiger partial charge in [-0.05, 0) is 6.92 Å². The van der Waals surface area contributed by atoms with Gasteiger partial charge in [-0.25, -0.2) is 4.79 Å². The van der Waals surface area contributed by atoms with Crippen molar-refractivity contribution in [2.75, 3.05) is 0 Å². The Morgan fingerprint density at radius 3 is 1.86 bits per heavy atom. The van der Waals surface area contributed by atoms with Gasteiger partial charge in [-0.3, -0.25) is 0 Å². The lowest BCUT2D eigenvalue weighted by Crippen LogP contribution is -1.92. The fraction of sp³-hybridized carbons (Fsp3) is 0.250. The predicted octanol–water partition coefficient (Wildman–Crippen LogP) is -0.537. The molecule has 0 amide bonds. The van der Waals surface area contributed by atoms with Crippen LogP contribution in [0.25, 0.3) is 0 Å². The van der Waals surface area contributed by atoms with Crippen molar-refractivity contribution in [2.45, 2.75) is 6.92 Å². The summed E-state index contributed by atoms with van der Waals surface area (Å²) in [6.45, 7) is 4.60. The van der Waals surface area contributed by atoms with Crippen LogP contribution < -0.4 is 0 Å². The molecule has 0 fully saturated rings. The molecule has 0 saturated heterocycles. The first kappa shape index (κ1) is 9.55. The van der Waals surface area contributed by atoms with E-state index in [-0.39, 0.29) is 14.0 Å². The molecule has 0 unspecified atom stereocenters. The summed E-state index contributed by atoms with van der Waals surface area (Å²) >= 11 is 0. The van der Waals surface area contributed by atoms with E-state index in [0.717, 1.165) is 0 Å². The fourth-order valence-corrected chi connectivity index (χ4v) is 0. The van der Waals surface area contributed by atoms with E-state index in [9.17, 15) is 4.79 Å². The molecule has 0 aromatic carbocycles. The minimum atomic E-state index is -0.935. The van der Waals surface area contributed by atoms with Gasteiger partial charge >= 0.3 is 5.97 Å². The molecule has 1 N–H and O–H groups in total. The fourth-order valence-electron chi connectivity index (χ4n) is 0. The summed E-state index contributed by atoms with van der Waals surface area (Å²) in [4.78, 5) is 9.60. The molecule has 0 aliphatic carbocycles. The Bertz CT molecular complexity index is 75.7. The van der Waals surface area contributed by atoms with Gasteiger partial charge in [0, 0.05) is 5.57 Å². The van der Waals surface area contributed by atoms with Crippen LogP contribution in [-0.4, -0.2) is 19.5 Å². The van der Waals surface area contributed by atoms with Crippen LogP contribution in [0.1, 0.15) is 6.92 Å². The molecule has 0 radical (unpaired) electrons. The average Bonchev–Trinajstić information content (AvgIpc) is 1.36. The van der Waals surface area contributed by atoms with Crippen LogP contribution >= 0.6 is 0 Å². The van der Waals surface area contributed by atoms with Crippen molar-refractivity contribution in [3.05, 3.63) is 12.2 Å². The number of carboxylic acids is 1. The maximum absolute atomic E-state index is 9.60. The molecule has 3 heteroatoms. The SMILES string of the molecule is B.C=C(C)C(=O)O. The lowest BCUT2D eigenvalue weighted by atomic mass is 10.4. The average molecular weight is 99.9 g/mol. The van der Waals surface area contributed by atoms with E-state index < -0.39 is 5.97 Å². The predicted molar refractivity (Wildman–Crippen MR) is 32.4 cm³/mol. The van der Waals surface area contributed by atoms with Crippen LogP contribution in [0.15, 0.2) is 12.2 Å². The minimum absolute atomic E-state index is 0. The quantitative estimate of drug-likeness (QED) is 0.355. The zero-order valence-corrected chi connectivity index (χ0v) is 3.56. The second-order valence-electron chi connectivity index (χ2n) is 1.09. The summed E-state index contributed by atoms with van der Waals surface area (Å²) in [6, 6.07) is 0. The summed E-state index contributed by atoms with van der Waals surface area (Å²) in [7, 11) is 0. The van der Waals surface area contributed by atoms with E-state index in [1.54, 1.807) is 0 Å². The Labute approximate surface area is 44.4 Å². The van der Waals surface area contributed by atoms with Crippen molar-refractivity contribution in [3.63, 3.8) is 0 Å². The molecule has 0 spiro atoms. The molecule has 0 bridgehead atoms. The lowest BCUT2D eigenvalue weighted by molar-refractivity contribution is -0.132. The van der Waals surface area contributed by atoms with E-state index in [1.807, 2.05) is 0 Å². The summed E-state index contributed by atoms with van der Waals surface area (Å²) in [5.41, 5.74) is 0.176. The first-order chi connectivity index (χ1) is 2.64. The van der Waals surface area contributed by atoms with E-state index in [1.165, 1.54) is 6.92 Å². The van der Waals surface area contributed by atoms with Crippen molar-refractivity contribution < 1.29 is 9.90 Å². The van der Waals surface area contributed by atoms with Crippen molar-refractivity contribution in [2.24, 2.45) is 0 Å². The van der Waals surface area contributed by atoms with Gasteiger partial charge in [-0.2, -0.15) is 0 Å². The molecule has 7 heavy (non-hydrogen) atoms. The molecule has 0 saturated carbocycles. The normalized spacial score (nSPS) is 6.43. The molecule has 0 heterocycles. The van der Waals surface area contributed by atoms with Crippen LogP contribution in [0.5, 0.6) is 0 Å². The number of hydrogen-bond donors (Lipinski definition) is 1. The summed E-state index contributed by atoms with van der Waals surface area (Å²) < 4.78 is 0. The molecule has 0 aliphatic rings. The first-order valence-electron chi connectivity index (χ1n) is 1.53. The van der Waals surface area contributed by atoms with Gasteiger partial charge in [-0.15, -0.1) is 0 Å². The van der Waals surface area contributed by atoms with Crippen molar-refractivity contribution in [1.29, 1.82) is 0 Å². The molecule has 40 valence electrons. The molecule has 0 rings (SSSR count). The van der Waals surface area contributed by atoms with E-state index >= 15 is 0 Å². The molecule has 2 nitrogen and oxygen atoms in total. The zero-order chi connectivity index (χ0) is 5.15. The van der Waals surface area contributed by atoms with Crippen molar-refractivity contribution in [3.8, 4) is 0 Å². The highest BCUT2D eigenvalue weighted by molar-refractivity contribution is 5.84. The van der Waals surface area contributed by atoms with Gasteiger partial charge in [0.25, 0.3) is 0 Å². The number of carboxylic acid groups (broad SMARTS) is 1. The van der Waals surface area contributed by atoms with Crippen LogP contribution in [-0.2, 0) is 4.79 Å². The number of rotatable bonds is 1. The van der Waals surface area contributed by atoms with Crippen molar-refractivity contribution in [1.82, 2.24) is 0 Å². The molecule has 0 atom stereocenters. The van der Waals surface area contributed by atoms with E-state index in [0.29, 0.717) is 0 Å². The monoisotopic (exact) mass is 100 g/mol. The number of hydrogen-bond acceptors (Lipinski definition) is 1. The van der Waals surface area contributed by atoms with E-state index in [4.69, 9.17) is 5.11 Å². The topological polar surface area (TPSA) is 37.3 Å². The summed E-state index contributed by atoms with van der Waals surface area (Å²) in [5.74, 6) is -0.935. The number of carbonyl (C=O) groups is 1. The second-order valence-corrected chi connectivity index (χ2v) is 1.09. The Balaban J connectivity index is 0. The van der Waals surface area contributed by atoms with Gasteiger partial charge in [0.15, 0.2) is 0 Å². The highest BCUT2D eigenvalue weighted by Crippen LogP contribution is 1.81. The maximum Gasteiger partial charge on any atom is 0.330 e. The molecule has 0 aromatic rings. The Kier molecular flexibility index (Phi) is 4.73. The highest BCUT2D eigenvalue weighted by Gasteiger charge is 1.90. The third-order valence-electron chi connectivity index (χ3n) is 0.365. The largest absolute Gasteiger partial charge is 0.478 e. The highest BCUT2D eigenvalue weighted by atomic mass is 16.4. The minimum Gasteiger partial charge on any atom is -0.478 e. The first-order valence-corrected chi connectivity index (χ1v) is 1.53. The Hall–Kier alpha value is -0.725. The van der Waals surface area contributed by atoms with E-state index in [2.05, 4.69) is 6.58 Å². The summed E-state index contributed by atoms with van der Waals surface area (Å²) in [5, 5.41) is 7.89. The lowest BCUT2D eigenvalue weighted by Gasteiger charge is -1.79. The van der Waals surface area contributed by atoms with Gasteiger partial charge in [0.1, 0.15) is 0 Å². The molecular weight excluding hydrogens is 90.9 g/mol. The van der Waals surface area contributed by atoms with Crippen molar-refractivity contribution >= 4 is 14.4 Å².